The van der Waals surface area contributed by atoms with Gasteiger partial charge in [-0.3, -0.25) is 4.79 Å². The summed E-state index contributed by atoms with van der Waals surface area (Å²) in [6, 6.07) is 8.85. The lowest BCUT2D eigenvalue weighted by Gasteiger charge is -2.02. The Bertz CT molecular complexity index is 750. The van der Waals surface area contributed by atoms with Crippen LogP contribution < -0.4 is 11.1 Å². The molecule has 2 heterocycles. The predicted octanol–water partition coefficient (Wildman–Crippen LogP) is 0.767. The minimum atomic E-state index is -0.317. The second kappa shape index (κ2) is 5.45. The molecule has 106 valence electrons. The number of aromatic nitrogens is 4. The highest BCUT2D eigenvalue weighted by molar-refractivity contribution is 5.92. The van der Waals surface area contributed by atoms with Gasteiger partial charge in [0.05, 0.1) is 12.2 Å². The molecule has 3 rings (SSSR count). The van der Waals surface area contributed by atoms with Crippen molar-refractivity contribution in [2.45, 2.75) is 6.54 Å². The maximum atomic E-state index is 12.0. The minimum absolute atomic E-state index is 0.181. The maximum absolute atomic E-state index is 12.0. The van der Waals surface area contributed by atoms with Crippen molar-refractivity contribution in [3.8, 4) is 5.69 Å². The summed E-state index contributed by atoms with van der Waals surface area (Å²) >= 11 is 0. The first-order valence-corrected chi connectivity index (χ1v) is 6.17. The first kappa shape index (κ1) is 12.9. The monoisotopic (exact) mass is 284 g/mol. The number of amides is 1. The number of benzene rings is 1. The minimum Gasteiger partial charge on any atom is -0.399 e. The molecule has 1 amide bonds. The Kier molecular flexibility index (Phi) is 3.34. The topological polar surface area (TPSA) is 112 Å². The number of hydrogen-bond acceptors (Lipinski definition) is 6. The van der Waals surface area contributed by atoms with E-state index in [1.54, 1.807) is 29.1 Å². The summed E-state index contributed by atoms with van der Waals surface area (Å²) in [4.78, 5) is 15.8. The average Bonchev–Trinajstić information content (AvgIpc) is 3.16. The van der Waals surface area contributed by atoms with Gasteiger partial charge >= 0.3 is 0 Å². The number of nitrogens with two attached hydrogens (primary N) is 1. The van der Waals surface area contributed by atoms with Gasteiger partial charge in [0, 0.05) is 11.9 Å². The van der Waals surface area contributed by atoms with Crippen molar-refractivity contribution in [3.05, 3.63) is 54.4 Å². The molecule has 0 saturated heterocycles. The third-order valence-corrected chi connectivity index (χ3v) is 2.77. The Morgan fingerprint density at radius 2 is 2.29 bits per heavy atom. The van der Waals surface area contributed by atoms with Crippen LogP contribution in [0.2, 0.25) is 0 Å². The van der Waals surface area contributed by atoms with Crippen molar-refractivity contribution < 1.29 is 9.32 Å². The van der Waals surface area contributed by atoms with Gasteiger partial charge in [0.2, 0.25) is 6.39 Å². The summed E-state index contributed by atoms with van der Waals surface area (Å²) in [6.07, 6.45) is 2.90. The van der Waals surface area contributed by atoms with Crippen molar-refractivity contribution in [1.29, 1.82) is 0 Å². The van der Waals surface area contributed by atoms with E-state index in [1.165, 1.54) is 6.39 Å². The van der Waals surface area contributed by atoms with Crippen LogP contribution in [0.3, 0.4) is 0 Å². The van der Waals surface area contributed by atoms with Gasteiger partial charge in [-0.15, -0.1) is 0 Å². The third kappa shape index (κ3) is 2.89. The largest absolute Gasteiger partial charge is 0.399 e. The maximum Gasteiger partial charge on any atom is 0.272 e. The standard InChI is InChI=1S/C13H12N6O2/c14-9-2-1-3-10(6-9)19-5-4-11(17-19)13(20)15-7-12-16-8-21-18-12/h1-6,8H,7,14H2,(H,15,20). The van der Waals surface area contributed by atoms with Gasteiger partial charge in [0.25, 0.3) is 5.91 Å². The zero-order valence-electron chi connectivity index (χ0n) is 10.9. The lowest BCUT2D eigenvalue weighted by atomic mass is 10.3. The molecule has 0 aliphatic heterocycles. The molecule has 0 spiro atoms. The summed E-state index contributed by atoms with van der Waals surface area (Å²) in [7, 11) is 0. The highest BCUT2D eigenvalue weighted by atomic mass is 16.5. The van der Waals surface area contributed by atoms with E-state index >= 15 is 0 Å². The molecule has 0 bridgehead atoms. The van der Waals surface area contributed by atoms with E-state index in [4.69, 9.17) is 5.73 Å². The quantitative estimate of drug-likeness (QED) is 0.684. The van der Waals surface area contributed by atoms with Crippen LogP contribution in [0.15, 0.2) is 47.4 Å². The summed E-state index contributed by atoms with van der Waals surface area (Å²) in [5.74, 6) is 0.0843. The molecular weight excluding hydrogens is 272 g/mol. The second-order valence-electron chi connectivity index (χ2n) is 4.27. The van der Waals surface area contributed by atoms with Crippen molar-refractivity contribution in [3.63, 3.8) is 0 Å². The fourth-order valence-corrected chi connectivity index (χ4v) is 1.78. The van der Waals surface area contributed by atoms with Crippen LogP contribution in [-0.4, -0.2) is 25.8 Å². The van der Waals surface area contributed by atoms with Crippen LogP contribution in [0, 0.1) is 0 Å². The number of carbonyl (C=O) groups excluding carboxylic acids is 1. The Balaban J connectivity index is 1.71. The number of nitrogen functional groups attached to an aromatic ring is 1. The molecular formula is C13H12N6O2. The molecule has 0 radical (unpaired) electrons. The Hall–Kier alpha value is -3.16. The zero-order valence-corrected chi connectivity index (χ0v) is 10.9. The molecule has 0 aliphatic rings. The van der Waals surface area contributed by atoms with Crippen LogP contribution in [-0.2, 0) is 6.54 Å². The van der Waals surface area contributed by atoms with Crippen LogP contribution in [0.5, 0.6) is 0 Å². The van der Waals surface area contributed by atoms with Crippen LogP contribution in [0.1, 0.15) is 16.3 Å². The lowest BCUT2D eigenvalue weighted by Crippen LogP contribution is -2.24. The summed E-state index contributed by atoms with van der Waals surface area (Å²) in [6.45, 7) is 0.181. The van der Waals surface area contributed by atoms with Gasteiger partial charge < -0.3 is 15.6 Å². The van der Waals surface area contributed by atoms with Crippen LogP contribution in [0.25, 0.3) is 5.69 Å². The second-order valence-corrected chi connectivity index (χ2v) is 4.27. The highest BCUT2D eigenvalue weighted by Crippen LogP contribution is 2.11. The van der Waals surface area contributed by atoms with E-state index in [2.05, 4.69) is 25.1 Å². The van der Waals surface area contributed by atoms with Crippen LogP contribution >= 0.6 is 0 Å². The zero-order chi connectivity index (χ0) is 14.7. The highest BCUT2D eigenvalue weighted by Gasteiger charge is 2.11. The Morgan fingerprint density at radius 1 is 1.38 bits per heavy atom. The fourth-order valence-electron chi connectivity index (χ4n) is 1.78. The Morgan fingerprint density at radius 3 is 3.05 bits per heavy atom. The van der Waals surface area contributed by atoms with E-state index in [-0.39, 0.29) is 12.5 Å². The number of nitrogens with zero attached hydrogens (tertiary/aromatic N) is 4. The number of hydrogen-bond donors (Lipinski definition) is 2. The van der Waals surface area contributed by atoms with Gasteiger partial charge in [-0.05, 0) is 24.3 Å². The summed E-state index contributed by atoms with van der Waals surface area (Å²) in [5, 5.41) is 10.5. The Labute approximate surface area is 119 Å². The molecule has 3 aromatic rings. The number of nitrogens with one attached hydrogen (secondary N) is 1. The molecule has 0 saturated carbocycles. The van der Waals surface area contributed by atoms with Gasteiger partial charge in [-0.2, -0.15) is 10.1 Å². The number of carbonyl (C=O) groups is 1. The molecule has 1 aromatic carbocycles. The van der Waals surface area contributed by atoms with Crippen molar-refractivity contribution in [1.82, 2.24) is 25.2 Å². The van der Waals surface area contributed by atoms with E-state index in [9.17, 15) is 4.79 Å². The van der Waals surface area contributed by atoms with E-state index < -0.39 is 0 Å². The smallest absolute Gasteiger partial charge is 0.272 e. The fraction of sp³-hybridized carbons (Fsp3) is 0.0769. The molecule has 0 aliphatic carbocycles. The summed E-state index contributed by atoms with van der Waals surface area (Å²) < 4.78 is 6.16. The first-order chi connectivity index (χ1) is 10.2. The van der Waals surface area contributed by atoms with Gasteiger partial charge in [-0.1, -0.05) is 11.2 Å². The molecule has 2 aromatic heterocycles. The average molecular weight is 284 g/mol. The molecule has 0 unspecified atom stereocenters. The lowest BCUT2D eigenvalue weighted by molar-refractivity contribution is 0.0944. The SMILES string of the molecule is Nc1cccc(-n2ccc(C(=O)NCc3ncon3)n2)c1. The first-order valence-electron chi connectivity index (χ1n) is 6.17. The summed E-state index contributed by atoms with van der Waals surface area (Å²) in [5.41, 5.74) is 7.43. The third-order valence-electron chi connectivity index (χ3n) is 2.77. The van der Waals surface area contributed by atoms with Crippen molar-refractivity contribution >= 4 is 11.6 Å². The molecule has 3 N–H and O–H groups in total. The molecule has 0 atom stereocenters. The van der Waals surface area contributed by atoms with E-state index in [1.807, 2.05) is 12.1 Å². The van der Waals surface area contributed by atoms with E-state index in [0.29, 0.717) is 17.2 Å². The van der Waals surface area contributed by atoms with Gasteiger partial charge in [-0.25, -0.2) is 4.68 Å². The predicted molar refractivity (Wildman–Crippen MR) is 73.4 cm³/mol. The molecule has 8 nitrogen and oxygen atoms in total. The number of anilines is 1. The van der Waals surface area contributed by atoms with Gasteiger partial charge in [0.1, 0.15) is 0 Å². The number of rotatable bonds is 4. The van der Waals surface area contributed by atoms with Gasteiger partial charge in [0.15, 0.2) is 11.5 Å². The van der Waals surface area contributed by atoms with Crippen molar-refractivity contribution in [2.24, 2.45) is 0 Å². The van der Waals surface area contributed by atoms with Crippen molar-refractivity contribution in [2.75, 3.05) is 5.73 Å². The van der Waals surface area contributed by atoms with E-state index in [0.717, 1.165) is 5.69 Å². The van der Waals surface area contributed by atoms with Crippen LogP contribution in [0.4, 0.5) is 5.69 Å². The molecule has 21 heavy (non-hydrogen) atoms. The normalized spacial score (nSPS) is 10.5. The molecule has 0 fully saturated rings. The molecule has 8 heteroatoms.